The Kier molecular flexibility index (Phi) is 4.43. The Balaban J connectivity index is 2.04. The van der Waals surface area contributed by atoms with Gasteiger partial charge in [-0.1, -0.05) is 48.0 Å². The van der Waals surface area contributed by atoms with E-state index in [-0.39, 0.29) is 11.3 Å². The number of rotatable bonds is 4. The third kappa shape index (κ3) is 3.07. The van der Waals surface area contributed by atoms with Gasteiger partial charge in [0.2, 0.25) is 0 Å². The van der Waals surface area contributed by atoms with Gasteiger partial charge < -0.3 is 5.11 Å². The van der Waals surface area contributed by atoms with Crippen molar-refractivity contribution in [3.63, 3.8) is 0 Å². The molecule has 5 nitrogen and oxygen atoms in total. The molecule has 1 fully saturated rings. The van der Waals surface area contributed by atoms with Crippen molar-refractivity contribution in [1.29, 1.82) is 0 Å². The van der Waals surface area contributed by atoms with Crippen LogP contribution in [0.25, 0.3) is 0 Å². The standard InChI is InChI=1S/C18H19NO4S/c1-12-6-5-7-13(10-12)17-16(11-15(19-17)18(20)21)24(22,23)14-8-3-2-4-9-14/h2-10,15-17,19H,11H2,1H3,(H,20,21)/t15-,16+,17-/m1/s1. The molecule has 1 aliphatic heterocycles. The van der Waals surface area contributed by atoms with Crippen molar-refractivity contribution < 1.29 is 18.3 Å². The fourth-order valence-corrected chi connectivity index (χ4v) is 5.12. The van der Waals surface area contributed by atoms with Crippen molar-refractivity contribution in [3.8, 4) is 0 Å². The molecule has 0 amide bonds. The van der Waals surface area contributed by atoms with Crippen LogP contribution < -0.4 is 5.32 Å². The molecule has 6 heteroatoms. The van der Waals surface area contributed by atoms with E-state index >= 15 is 0 Å². The summed E-state index contributed by atoms with van der Waals surface area (Å²) >= 11 is 0. The smallest absolute Gasteiger partial charge is 0.320 e. The predicted octanol–water partition coefficient (Wildman–Crippen LogP) is 2.33. The van der Waals surface area contributed by atoms with E-state index in [4.69, 9.17) is 0 Å². The van der Waals surface area contributed by atoms with E-state index in [1.165, 1.54) is 0 Å². The zero-order valence-electron chi connectivity index (χ0n) is 13.2. The van der Waals surface area contributed by atoms with E-state index in [1.807, 2.05) is 31.2 Å². The minimum atomic E-state index is -3.64. The second kappa shape index (κ2) is 6.37. The molecule has 2 aromatic carbocycles. The number of benzene rings is 2. The van der Waals surface area contributed by atoms with Gasteiger partial charge >= 0.3 is 5.97 Å². The first kappa shape index (κ1) is 16.7. The Labute approximate surface area is 141 Å². The monoisotopic (exact) mass is 345 g/mol. The van der Waals surface area contributed by atoms with Gasteiger partial charge in [0.05, 0.1) is 16.2 Å². The third-order valence-electron chi connectivity index (χ3n) is 4.39. The highest BCUT2D eigenvalue weighted by molar-refractivity contribution is 7.92. The van der Waals surface area contributed by atoms with Crippen molar-refractivity contribution in [1.82, 2.24) is 5.32 Å². The normalized spacial score (nSPS) is 24.0. The van der Waals surface area contributed by atoms with Gasteiger partial charge in [0.25, 0.3) is 0 Å². The van der Waals surface area contributed by atoms with E-state index in [9.17, 15) is 18.3 Å². The number of nitrogens with one attached hydrogen (secondary N) is 1. The van der Waals surface area contributed by atoms with Crippen molar-refractivity contribution >= 4 is 15.8 Å². The number of hydrogen-bond donors (Lipinski definition) is 2. The van der Waals surface area contributed by atoms with Crippen molar-refractivity contribution in [2.24, 2.45) is 0 Å². The second-order valence-electron chi connectivity index (χ2n) is 6.08. The average molecular weight is 345 g/mol. The molecular formula is C18H19NO4S. The number of sulfone groups is 1. The molecule has 1 heterocycles. The van der Waals surface area contributed by atoms with Crippen molar-refractivity contribution in [3.05, 3.63) is 65.7 Å². The summed E-state index contributed by atoms with van der Waals surface area (Å²) in [5.41, 5.74) is 1.80. The van der Waals surface area contributed by atoms with Gasteiger partial charge in [-0.15, -0.1) is 0 Å². The Hall–Kier alpha value is -2.18. The molecule has 0 aromatic heterocycles. The minimum Gasteiger partial charge on any atom is -0.480 e. The van der Waals surface area contributed by atoms with Gasteiger partial charge in [-0.2, -0.15) is 0 Å². The van der Waals surface area contributed by atoms with Gasteiger partial charge in [-0.05, 0) is 31.0 Å². The molecule has 0 saturated carbocycles. The summed E-state index contributed by atoms with van der Waals surface area (Å²) in [5.74, 6) is -1.03. The Morgan fingerprint density at radius 3 is 2.46 bits per heavy atom. The summed E-state index contributed by atoms with van der Waals surface area (Å²) in [5, 5.41) is 11.5. The lowest BCUT2D eigenvalue weighted by Gasteiger charge is -2.20. The van der Waals surface area contributed by atoms with Crippen LogP contribution in [0.1, 0.15) is 23.6 Å². The van der Waals surface area contributed by atoms with Crippen LogP contribution in [0.15, 0.2) is 59.5 Å². The highest BCUT2D eigenvalue weighted by atomic mass is 32.2. The lowest BCUT2D eigenvalue weighted by atomic mass is 10.0. The van der Waals surface area contributed by atoms with Gasteiger partial charge in [0.15, 0.2) is 9.84 Å². The van der Waals surface area contributed by atoms with Crippen LogP contribution in [0.2, 0.25) is 0 Å². The van der Waals surface area contributed by atoms with Gasteiger partial charge in [0, 0.05) is 0 Å². The first-order valence-electron chi connectivity index (χ1n) is 7.74. The van der Waals surface area contributed by atoms with Crippen LogP contribution in [0.4, 0.5) is 0 Å². The van der Waals surface area contributed by atoms with Crippen LogP contribution in [0.3, 0.4) is 0 Å². The van der Waals surface area contributed by atoms with Gasteiger partial charge in [-0.3, -0.25) is 10.1 Å². The molecule has 0 bridgehead atoms. The fourth-order valence-electron chi connectivity index (χ4n) is 3.20. The molecule has 0 unspecified atom stereocenters. The zero-order chi connectivity index (χ0) is 17.3. The maximum atomic E-state index is 13.0. The molecule has 0 radical (unpaired) electrons. The fraction of sp³-hybridized carbons (Fsp3) is 0.278. The minimum absolute atomic E-state index is 0.0468. The van der Waals surface area contributed by atoms with Crippen LogP contribution in [0, 0.1) is 6.92 Å². The lowest BCUT2D eigenvalue weighted by Crippen LogP contribution is -2.32. The number of carboxylic acids is 1. The maximum absolute atomic E-state index is 13.0. The third-order valence-corrected chi connectivity index (χ3v) is 6.58. The molecule has 126 valence electrons. The second-order valence-corrected chi connectivity index (χ2v) is 8.25. The van der Waals surface area contributed by atoms with E-state index in [0.717, 1.165) is 11.1 Å². The van der Waals surface area contributed by atoms with Crippen molar-refractivity contribution in [2.75, 3.05) is 0 Å². The van der Waals surface area contributed by atoms with Gasteiger partial charge in [-0.25, -0.2) is 8.42 Å². The maximum Gasteiger partial charge on any atom is 0.320 e. The molecule has 3 rings (SSSR count). The molecule has 2 N–H and O–H groups in total. The molecule has 0 aliphatic carbocycles. The van der Waals surface area contributed by atoms with E-state index < -0.39 is 33.1 Å². The SMILES string of the molecule is Cc1cccc([C@H]2N[C@@H](C(=O)O)C[C@@H]2S(=O)(=O)c2ccccc2)c1. The van der Waals surface area contributed by atoms with Crippen LogP contribution in [0.5, 0.6) is 0 Å². The highest BCUT2D eigenvalue weighted by Gasteiger charge is 2.45. The summed E-state index contributed by atoms with van der Waals surface area (Å²) in [6.45, 7) is 1.92. The quantitative estimate of drug-likeness (QED) is 0.888. The molecule has 0 spiro atoms. The number of hydrogen-bond acceptors (Lipinski definition) is 4. The largest absolute Gasteiger partial charge is 0.480 e. The predicted molar refractivity (Wildman–Crippen MR) is 90.5 cm³/mol. The van der Waals surface area contributed by atoms with Crippen LogP contribution >= 0.6 is 0 Å². The van der Waals surface area contributed by atoms with Gasteiger partial charge in [0.1, 0.15) is 6.04 Å². The first-order valence-corrected chi connectivity index (χ1v) is 9.28. The molecule has 24 heavy (non-hydrogen) atoms. The molecule has 1 saturated heterocycles. The summed E-state index contributed by atoms with van der Waals surface area (Å²) in [4.78, 5) is 11.6. The number of aliphatic carboxylic acids is 1. The van der Waals surface area contributed by atoms with E-state index in [2.05, 4.69) is 5.32 Å². The molecule has 1 aliphatic rings. The summed E-state index contributed by atoms with van der Waals surface area (Å²) in [7, 11) is -3.64. The summed E-state index contributed by atoms with van der Waals surface area (Å²) in [6, 6.07) is 14.3. The van der Waals surface area contributed by atoms with Crippen molar-refractivity contribution in [2.45, 2.75) is 35.6 Å². The Morgan fingerprint density at radius 1 is 1.12 bits per heavy atom. The molecular weight excluding hydrogens is 326 g/mol. The summed E-state index contributed by atoms with van der Waals surface area (Å²) < 4.78 is 26.1. The number of aryl methyl sites for hydroxylation is 1. The first-order chi connectivity index (χ1) is 11.4. The topological polar surface area (TPSA) is 83.5 Å². The molecule has 2 aromatic rings. The highest BCUT2D eigenvalue weighted by Crippen LogP contribution is 2.35. The zero-order valence-corrected chi connectivity index (χ0v) is 14.0. The average Bonchev–Trinajstić information content (AvgIpc) is 3.02. The molecule has 3 atom stereocenters. The van der Waals surface area contributed by atoms with E-state index in [0.29, 0.717) is 0 Å². The van der Waals surface area contributed by atoms with E-state index in [1.54, 1.807) is 30.3 Å². The lowest BCUT2D eigenvalue weighted by molar-refractivity contribution is -0.139. The Bertz CT molecular complexity index is 848. The number of carbonyl (C=O) groups is 1. The number of carboxylic acid groups (broad SMARTS) is 1. The summed E-state index contributed by atoms with van der Waals surface area (Å²) in [6.07, 6.45) is 0.0468. The Morgan fingerprint density at radius 2 is 1.83 bits per heavy atom. The van der Waals surface area contributed by atoms with Crippen LogP contribution in [-0.2, 0) is 14.6 Å². The van der Waals surface area contributed by atoms with Crippen LogP contribution in [-0.4, -0.2) is 30.8 Å².